The number of β-lactam (4-membered cyclic amide) rings is 1. The van der Waals surface area contributed by atoms with Gasteiger partial charge in [-0.3, -0.25) is 19.8 Å². The largest absolute Gasteiger partial charge is 0.327 e. The van der Waals surface area contributed by atoms with Crippen LogP contribution >= 0.6 is 0 Å². The number of nitrogens with zero attached hydrogens (tertiary/aromatic N) is 3. The number of rotatable bonds is 5. The summed E-state index contributed by atoms with van der Waals surface area (Å²) in [5, 5.41) is 11.1. The lowest BCUT2D eigenvalue weighted by molar-refractivity contribution is -0.385. The molecule has 0 N–H and O–H groups in total. The highest BCUT2D eigenvalue weighted by Gasteiger charge is 2.42. The minimum Gasteiger partial charge on any atom is -0.323 e. The summed E-state index contributed by atoms with van der Waals surface area (Å²) in [5.74, 6) is -0.217. The van der Waals surface area contributed by atoms with Gasteiger partial charge in [-0.2, -0.15) is 0 Å². The lowest BCUT2D eigenvalue weighted by Crippen LogP contribution is -2.59. The van der Waals surface area contributed by atoms with Crippen LogP contribution in [0.3, 0.4) is 0 Å². The average Bonchev–Trinajstić information content (AvgIpc) is 2.62. The van der Waals surface area contributed by atoms with Crippen LogP contribution in [0.15, 0.2) is 54.6 Å². The van der Waals surface area contributed by atoms with Crippen molar-refractivity contribution >= 4 is 17.6 Å². The van der Waals surface area contributed by atoms with Crippen molar-refractivity contribution in [3.63, 3.8) is 0 Å². The van der Waals surface area contributed by atoms with Gasteiger partial charge in [-0.1, -0.05) is 48.5 Å². The first kappa shape index (κ1) is 17.6. The third-order valence-electron chi connectivity index (χ3n) is 4.49. The Morgan fingerprint density at radius 2 is 1.85 bits per heavy atom. The second kappa shape index (κ2) is 7.35. The van der Waals surface area contributed by atoms with Crippen LogP contribution in [0, 0.1) is 10.1 Å². The molecule has 3 amide bonds. The van der Waals surface area contributed by atoms with Crippen molar-refractivity contribution in [3.8, 4) is 0 Å². The highest BCUT2D eigenvalue weighted by Crippen LogP contribution is 2.26. The molecule has 2 aromatic carbocycles. The van der Waals surface area contributed by atoms with Gasteiger partial charge >= 0.3 is 6.03 Å². The monoisotopic (exact) mass is 353 g/mol. The van der Waals surface area contributed by atoms with Crippen molar-refractivity contribution in [1.29, 1.82) is 0 Å². The summed E-state index contributed by atoms with van der Waals surface area (Å²) in [7, 11) is 1.55. The lowest BCUT2D eigenvalue weighted by Gasteiger charge is -2.40. The molecule has 0 radical (unpaired) electrons. The quantitative estimate of drug-likeness (QED) is 0.470. The number of imide groups is 1. The van der Waals surface area contributed by atoms with Crippen LogP contribution in [-0.4, -0.2) is 39.8 Å². The molecule has 1 fully saturated rings. The van der Waals surface area contributed by atoms with Crippen LogP contribution < -0.4 is 0 Å². The molecule has 0 unspecified atom stereocenters. The van der Waals surface area contributed by atoms with Crippen LogP contribution in [0.25, 0.3) is 0 Å². The Kier molecular flexibility index (Phi) is 4.97. The van der Waals surface area contributed by atoms with E-state index in [1.807, 2.05) is 30.3 Å². The predicted molar refractivity (Wildman–Crippen MR) is 95.4 cm³/mol. The zero-order chi connectivity index (χ0) is 18.7. The third kappa shape index (κ3) is 3.56. The molecule has 3 rings (SSSR count). The van der Waals surface area contributed by atoms with Crippen molar-refractivity contribution in [2.24, 2.45) is 0 Å². The van der Waals surface area contributed by atoms with Gasteiger partial charge in [-0.25, -0.2) is 4.79 Å². The number of para-hydroxylation sites is 1. The molecular formula is C19H19N3O4. The molecule has 0 aromatic heterocycles. The number of nitro benzene ring substituents is 1. The molecule has 1 atom stereocenters. The SMILES string of the molecule is CN(Cc1ccccc1[N+](=O)[O-])C(=O)N1C(=O)C[C@@H]1Cc1ccccc1. The first-order valence-electron chi connectivity index (χ1n) is 8.30. The number of amides is 3. The summed E-state index contributed by atoms with van der Waals surface area (Å²) in [6.45, 7) is 0.0673. The topological polar surface area (TPSA) is 83.8 Å². The van der Waals surface area contributed by atoms with Crippen molar-refractivity contribution in [1.82, 2.24) is 9.80 Å². The van der Waals surface area contributed by atoms with E-state index in [2.05, 4.69) is 0 Å². The van der Waals surface area contributed by atoms with E-state index >= 15 is 0 Å². The molecule has 1 saturated heterocycles. The molecule has 1 aliphatic heterocycles. The van der Waals surface area contributed by atoms with E-state index in [-0.39, 0.29) is 24.2 Å². The molecule has 0 bridgehead atoms. The average molecular weight is 353 g/mol. The van der Waals surface area contributed by atoms with Crippen molar-refractivity contribution in [2.45, 2.75) is 25.4 Å². The number of carbonyl (C=O) groups is 2. The molecule has 2 aromatic rings. The second-order valence-electron chi connectivity index (χ2n) is 6.34. The fourth-order valence-electron chi connectivity index (χ4n) is 3.12. The Hall–Kier alpha value is -3.22. The van der Waals surface area contributed by atoms with Gasteiger partial charge in [0.05, 0.1) is 17.5 Å². The highest BCUT2D eigenvalue weighted by molar-refractivity contribution is 5.99. The van der Waals surface area contributed by atoms with Gasteiger partial charge in [0.2, 0.25) is 5.91 Å². The highest BCUT2D eigenvalue weighted by atomic mass is 16.6. The summed E-state index contributed by atoms with van der Waals surface area (Å²) in [6.07, 6.45) is 0.942. The van der Waals surface area contributed by atoms with Gasteiger partial charge in [-0.05, 0) is 12.0 Å². The van der Waals surface area contributed by atoms with E-state index in [1.165, 1.54) is 15.9 Å². The predicted octanol–water partition coefficient (Wildman–Crippen LogP) is 2.99. The summed E-state index contributed by atoms with van der Waals surface area (Å²) < 4.78 is 0. The van der Waals surface area contributed by atoms with Crippen LogP contribution in [0.2, 0.25) is 0 Å². The maximum atomic E-state index is 12.7. The Balaban J connectivity index is 1.69. The molecule has 1 heterocycles. The van der Waals surface area contributed by atoms with Gasteiger partial charge in [0.25, 0.3) is 5.69 Å². The van der Waals surface area contributed by atoms with Gasteiger partial charge < -0.3 is 4.90 Å². The Labute approximate surface area is 151 Å². The standard InChI is InChI=1S/C19H19N3O4/c1-20(13-15-9-5-6-10-17(15)22(25)26)19(24)21-16(12-18(21)23)11-14-7-3-2-4-8-14/h2-10,16H,11-13H2,1H3/t16-/m0/s1. The molecule has 0 saturated carbocycles. The number of benzene rings is 2. The Bertz CT molecular complexity index is 838. The first-order chi connectivity index (χ1) is 12.5. The molecule has 26 heavy (non-hydrogen) atoms. The number of likely N-dealkylation sites (tertiary alicyclic amines) is 1. The van der Waals surface area contributed by atoms with Crippen LogP contribution in [0.4, 0.5) is 10.5 Å². The van der Waals surface area contributed by atoms with Gasteiger partial charge in [0, 0.05) is 25.1 Å². The normalized spacial score (nSPS) is 16.1. The summed E-state index contributed by atoms with van der Waals surface area (Å²) >= 11 is 0. The molecule has 7 nitrogen and oxygen atoms in total. The van der Waals surface area contributed by atoms with Gasteiger partial charge in [-0.15, -0.1) is 0 Å². The maximum absolute atomic E-state index is 12.7. The summed E-state index contributed by atoms with van der Waals surface area (Å²) in [5.41, 5.74) is 1.45. The minimum atomic E-state index is -0.472. The number of hydrogen-bond donors (Lipinski definition) is 0. The van der Waals surface area contributed by atoms with E-state index in [0.717, 1.165) is 5.56 Å². The number of urea groups is 1. The minimum absolute atomic E-state index is 0.0390. The van der Waals surface area contributed by atoms with Crippen molar-refractivity contribution in [2.75, 3.05) is 7.05 Å². The maximum Gasteiger partial charge on any atom is 0.327 e. The molecule has 7 heteroatoms. The number of hydrogen-bond acceptors (Lipinski definition) is 4. The first-order valence-corrected chi connectivity index (χ1v) is 8.30. The van der Waals surface area contributed by atoms with E-state index < -0.39 is 11.0 Å². The van der Waals surface area contributed by atoms with E-state index in [4.69, 9.17) is 0 Å². The smallest absolute Gasteiger partial charge is 0.323 e. The van der Waals surface area contributed by atoms with Crippen LogP contribution in [0.5, 0.6) is 0 Å². The summed E-state index contributed by atoms with van der Waals surface area (Å²) in [4.78, 5) is 37.9. The van der Waals surface area contributed by atoms with Crippen LogP contribution in [-0.2, 0) is 17.8 Å². The van der Waals surface area contributed by atoms with Crippen molar-refractivity contribution < 1.29 is 14.5 Å². The second-order valence-corrected chi connectivity index (χ2v) is 6.34. The molecule has 1 aliphatic rings. The Morgan fingerprint density at radius 1 is 1.19 bits per heavy atom. The molecule has 134 valence electrons. The zero-order valence-electron chi connectivity index (χ0n) is 14.4. The van der Waals surface area contributed by atoms with Crippen molar-refractivity contribution in [3.05, 3.63) is 75.8 Å². The molecule has 0 spiro atoms. The van der Waals surface area contributed by atoms with E-state index in [1.54, 1.807) is 25.2 Å². The third-order valence-corrected chi connectivity index (χ3v) is 4.49. The Morgan fingerprint density at radius 3 is 2.50 bits per heavy atom. The molecular weight excluding hydrogens is 334 g/mol. The van der Waals surface area contributed by atoms with Gasteiger partial charge in [0.1, 0.15) is 0 Å². The van der Waals surface area contributed by atoms with E-state index in [9.17, 15) is 19.7 Å². The number of nitro groups is 1. The summed E-state index contributed by atoms with van der Waals surface area (Å²) in [6, 6.07) is 15.4. The van der Waals surface area contributed by atoms with Crippen LogP contribution in [0.1, 0.15) is 17.5 Å². The zero-order valence-corrected chi connectivity index (χ0v) is 14.4. The number of carbonyl (C=O) groups excluding carboxylic acids is 2. The van der Waals surface area contributed by atoms with Gasteiger partial charge in [0.15, 0.2) is 0 Å². The fourth-order valence-corrected chi connectivity index (χ4v) is 3.12. The fraction of sp³-hybridized carbons (Fsp3) is 0.263. The molecule has 0 aliphatic carbocycles. The lowest BCUT2D eigenvalue weighted by atomic mass is 9.95. The van der Waals surface area contributed by atoms with E-state index in [0.29, 0.717) is 18.4 Å².